The van der Waals surface area contributed by atoms with Gasteiger partial charge in [-0.2, -0.15) is 0 Å². The van der Waals surface area contributed by atoms with Crippen LogP contribution in [-0.2, 0) is 12.8 Å². The lowest BCUT2D eigenvalue weighted by molar-refractivity contribution is 0.170. The maximum absolute atomic E-state index is 10.9. The molecule has 1 amide bonds. The van der Waals surface area contributed by atoms with Gasteiger partial charge in [0, 0.05) is 30.1 Å². The van der Waals surface area contributed by atoms with Gasteiger partial charge in [-0.05, 0) is 101 Å². The first-order chi connectivity index (χ1) is 19.2. The Morgan fingerprint density at radius 2 is 1.55 bits per heavy atom. The fourth-order valence-electron chi connectivity index (χ4n) is 5.30. The van der Waals surface area contributed by atoms with Crippen molar-refractivity contribution in [2.24, 2.45) is 0 Å². The van der Waals surface area contributed by atoms with Crippen molar-refractivity contribution in [1.29, 1.82) is 0 Å². The number of benzene rings is 3. The van der Waals surface area contributed by atoms with Crippen LogP contribution in [0.2, 0.25) is 0 Å². The summed E-state index contributed by atoms with van der Waals surface area (Å²) in [5, 5.41) is 22.0. The topological polar surface area (TPSA) is 82.0 Å². The van der Waals surface area contributed by atoms with Crippen LogP contribution in [-0.4, -0.2) is 53.0 Å². The van der Waals surface area contributed by atoms with E-state index in [4.69, 9.17) is 9.84 Å². The Labute approximate surface area is 240 Å². The van der Waals surface area contributed by atoms with E-state index in [1.54, 1.807) is 0 Å². The zero-order valence-electron chi connectivity index (χ0n) is 24.5. The number of phenolic OH excluding ortho intramolecular Hbond substituents is 1. The number of phenols is 1. The molecule has 0 aliphatic carbocycles. The molecule has 1 atom stereocenters. The number of aryl methyl sites for hydroxylation is 1. The van der Waals surface area contributed by atoms with Crippen molar-refractivity contribution in [3.63, 3.8) is 0 Å². The molecule has 3 aromatic rings. The van der Waals surface area contributed by atoms with Crippen molar-refractivity contribution in [3.05, 3.63) is 95.1 Å². The molecule has 3 N–H and O–H groups in total. The molecule has 0 radical (unpaired) electrons. The molecule has 0 saturated carbocycles. The van der Waals surface area contributed by atoms with Crippen LogP contribution in [0.15, 0.2) is 72.8 Å². The molecule has 0 fully saturated rings. The summed E-state index contributed by atoms with van der Waals surface area (Å²) in [6.45, 7) is 11.0. The predicted octanol–water partition coefficient (Wildman–Crippen LogP) is 7.24. The van der Waals surface area contributed by atoms with Crippen molar-refractivity contribution < 1.29 is 19.7 Å². The third-order valence-corrected chi connectivity index (χ3v) is 7.41. The van der Waals surface area contributed by atoms with Crippen LogP contribution in [0.1, 0.15) is 75.1 Å². The Hall–Kier alpha value is -3.51. The zero-order chi connectivity index (χ0) is 28.9. The molecule has 0 bridgehead atoms. The molecule has 0 unspecified atom stereocenters. The highest BCUT2D eigenvalue weighted by Crippen LogP contribution is 2.35. The van der Waals surface area contributed by atoms with Crippen molar-refractivity contribution >= 4 is 6.09 Å². The van der Waals surface area contributed by atoms with Crippen molar-refractivity contribution in [1.82, 2.24) is 10.2 Å². The molecule has 0 aliphatic heterocycles. The minimum atomic E-state index is -1.00. The van der Waals surface area contributed by atoms with Gasteiger partial charge in [0.25, 0.3) is 0 Å². The van der Waals surface area contributed by atoms with Gasteiger partial charge in [-0.15, -0.1) is 0 Å². The lowest BCUT2D eigenvalue weighted by Crippen LogP contribution is -2.38. The number of carbonyl (C=O) groups is 1. The van der Waals surface area contributed by atoms with E-state index in [9.17, 15) is 9.90 Å². The first kappa shape index (κ1) is 31.0. The number of carboxylic acid groups (broad SMARTS) is 1. The molecular weight excluding hydrogens is 500 g/mol. The van der Waals surface area contributed by atoms with E-state index < -0.39 is 6.09 Å². The van der Waals surface area contributed by atoms with Crippen molar-refractivity contribution in [2.75, 3.05) is 19.7 Å². The lowest BCUT2D eigenvalue weighted by Gasteiger charge is -2.32. The number of aromatic hydroxyl groups is 1. The number of hydrogen-bond acceptors (Lipinski definition) is 4. The van der Waals surface area contributed by atoms with E-state index in [1.807, 2.05) is 42.5 Å². The highest BCUT2D eigenvalue weighted by molar-refractivity contribution is 5.64. The SMILES string of the molecule is CC(C)N(CC[C@H](c1ccccc1)c1cc(CCCCOc2ccc(CCNC(=O)O)cc2)ccc1O)C(C)C. The van der Waals surface area contributed by atoms with Crippen LogP contribution in [0.3, 0.4) is 0 Å². The molecule has 0 spiro atoms. The Morgan fingerprint density at radius 1 is 0.875 bits per heavy atom. The summed E-state index contributed by atoms with van der Waals surface area (Å²) < 4.78 is 5.92. The van der Waals surface area contributed by atoms with Gasteiger partial charge in [-0.3, -0.25) is 4.90 Å². The van der Waals surface area contributed by atoms with E-state index >= 15 is 0 Å². The minimum Gasteiger partial charge on any atom is -0.508 e. The average molecular weight is 547 g/mol. The van der Waals surface area contributed by atoms with Gasteiger partial charge in [0.2, 0.25) is 0 Å². The van der Waals surface area contributed by atoms with Crippen molar-refractivity contribution in [2.45, 2.75) is 77.8 Å². The first-order valence-electron chi connectivity index (χ1n) is 14.6. The summed E-state index contributed by atoms with van der Waals surface area (Å²) >= 11 is 0. The number of unbranched alkanes of at least 4 members (excludes halogenated alkanes) is 1. The normalized spacial score (nSPS) is 12.2. The lowest BCUT2D eigenvalue weighted by atomic mass is 9.86. The fraction of sp³-hybridized carbons (Fsp3) is 0.441. The highest BCUT2D eigenvalue weighted by Gasteiger charge is 2.21. The van der Waals surface area contributed by atoms with Gasteiger partial charge in [-0.1, -0.05) is 54.6 Å². The number of nitrogens with one attached hydrogen (secondary N) is 1. The summed E-state index contributed by atoms with van der Waals surface area (Å²) in [5.41, 5.74) is 4.54. The molecule has 40 heavy (non-hydrogen) atoms. The third kappa shape index (κ3) is 9.91. The van der Waals surface area contributed by atoms with Gasteiger partial charge in [0.1, 0.15) is 11.5 Å². The maximum Gasteiger partial charge on any atom is 0.404 e. The molecule has 6 nitrogen and oxygen atoms in total. The summed E-state index contributed by atoms with van der Waals surface area (Å²) in [4.78, 5) is 13.1. The number of nitrogens with zero attached hydrogens (tertiary/aromatic N) is 1. The number of rotatable bonds is 16. The second-order valence-electron chi connectivity index (χ2n) is 11.0. The molecular formula is C34H46N2O4. The van der Waals surface area contributed by atoms with E-state index in [0.29, 0.717) is 37.4 Å². The quantitative estimate of drug-likeness (QED) is 0.165. The van der Waals surface area contributed by atoms with Crippen molar-refractivity contribution in [3.8, 4) is 11.5 Å². The Bertz CT molecular complexity index is 1150. The molecule has 3 aromatic carbocycles. The van der Waals surface area contributed by atoms with Crippen LogP contribution in [0.4, 0.5) is 4.79 Å². The summed E-state index contributed by atoms with van der Waals surface area (Å²) in [6.07, 6.45) is 3.45. The summed E-state index contributed by atoms with van der Waals surface area (Å²) in [5.74, 6) is 1.32. The van der Waals surface area contributed by atoms with E-state index in [2.05, 4.69) is 68.2 Å². The molecule has 216 valence electrons. The van der Waals surface area contributed by atoms with Crippen LogP contribution < -0.4 is 10.1 Å². The van der Waals surface area contributed by atoms with Gasteiger partial charge in [0.15, 0.2) is 0 Å². The number of ether oxygens (including phenoxy) is 1. The van der Waals surface area contributed by atoms with Crippen LogP contribution in [0.5, 0.6) is 11.5 Å². The molecule has 0 aliphatic rings. The minimum absolute atomic E-state index is 0.132. The number of hydrogen-bond donors (Lipinski definition) is 3. The van der Waals surface area contributed by atoms with Crippen LogP contribution >= 0.6 is 0 Å². The monoisotopic (exact) mass is 546 g/mol. The van der Waals surface area contributed by atoms with Crippen LogP contribution in [0, 0.1) is 0 Å². The van der Waals surface area contributed by atoms with Gasteiger partial charge >= 0.3 is 6.09 Å². The largest absolute Gasteiger partial charge is 0.508 e. The van der Waals surface area contributed by atoms with Crippen LogP contribution in [0.25, 0.3) is 0 Å². The van der Waals surface area contributed by atoms with Gasteiger partial charge < -0.3 is 20.3 Å². The van der Waals surface area contributed by atoms with Gasteiger partial charge in [-0.25, -0.2) is 4.79 Å². The predicted molar refractivity (Wildman–Crippen MR) is 163 cm³/mol. The van der Waals surface area contributed by atoms with E-state index in [1.165, 1.54) is 11.1 Å². The highest BCUT2D eigenvalue weighted by atomic mass is 16.5. The summed E-state index contributed by atoms with van der Waals surface area (Å²) in [7, 11) is 0. The fourth-order valence-corrected chi connectivity index (χ4v) is 5.30. The summed E-state index contributed by atoms with van der Waals surface area (Å²) in [6, 6.07) is 25.4. The molecule has 3 rings (SSSR count). The molecule has 6 heteroatoms. The zero-order valence-corrected chi connectivity index (χ0v) is 24.5. The Morgan fingerprint density at radius 3 is 2.20 bits per heavy atom. The van der Waals surface area contributed by atoms with Gasteiger partial charge in [0.05, 0.1) is 6.61 Å². The molecule has 0 heterocycles. The smallest absolute Gasteiger partial charge is 0.404 e. The Kier molecular flexibility index (Phi) is 12.4. The second kappa shape index (κ2) is 15.9. The molecule has 0 aromatic heterocycles. The Balaban J connectivity index is 1.56. The second-order valence-corrected chi connectivity index (χ2v) is 11.0. The molecule has 0 saturated heterocycles. The maximum atomic E-state index is 10.9. The third-order valence-electron chi connectivity index (χ3n) is 7.41. The standard InChI is InChI=1S/C34H46N2O4/c1-25(2)36(26(3)4)22-20-31(29-11-6-5-7-12-29)32-24-28(15-18-33(32)37)10-8-9-23-40-30-16-13-27(14-17-30)19-21-35-34(38)39/h5-7,11-18,24-26,31,35,37H,8-10,19-23H2,1-4H3,(H,38,39)/t31-/m1/s1. The number of amides is 1. The first-order valence-corrected chi connectivity index (χ1v) is 14.6. The van der Waals surface area contributed by atoms with E-state index in [-0.39, 0.29) is 5.92 Å². The average Bonchev–Trinajstić information content (AvgIpc) is 2.93. The van der Waals surface area contributed by atoms with E-state index in [0.717, 1.165) is 49.1 Å².